The molecular weight excluding hydrogens is 262 g/mol. The number of aromatic amines is 1. The van der Waals surface area contributed by atoms with Gasteiger partial charge in [0.2, 0.25) is 10.0 Å². The highest BCUT2D eigenvalue weighted by Gasteiger charge is 2.31. The fraction of sp³-hybridized carbons (Fsp3) is 0.556. The molecule has 0 aliphatic rings. The molecule has 0 aromatic carbocycles. The lowest BCUT2D eigenvalue weighted by Crippen LogP contribution is -2.30. The minimum absolute atomic E-state index is 0.0997. The molecule has 0 bridgehead atoms. The Morgan fingerprint density at radius 2 is 2.11 bits per heavy atom. The van der Waals surface area contributed by atoms with Crippen LogP contribution in [0.1, 0.15) is 22.6 Å². The van der Waals surface area contributed by atoms with Crippen molar-refractivity contribution in [1.29, 1.82) is 0 Å². The van der Waals surface area contributed by atoms with Gasteiger partial charge in [-0.1, -0.05) is 0 Å². The summed E-state index contributed by atoms with van der Waals surface area (Å²) in [5.74, 6) is -1.41. The van der Waals surface area contributed by atoms with Gasteiger partial charge in [0.15, 0.2) is 5.69 Å². The minimum atomic E-state index is -3.93. The van der Waals surface area contributed by atoms with E-state index in [9.17, 15) is 13.2 Å². The number of aliphatic hydroxyl groups is 1. The molecule has 0 fully saturated rings. The molecule has 0 aliphatic carbocycles. The zero-order chi connectivity index (χ0) is 13.9. The SMILES string of the molecule is Cc1[nH]nc(C(=O)O)c1S(=O)(=O)N(C)CCCO. The van der Waals surface area contributed by atoms with Gasteiger partial charge < -0.3 is 10.2 Å². The number of rotatable bonds is 6. The van der Waals surface area contributed by atoms with Crippen molar-refractivity contribution in [3.63, 3.8) is 0 Å². The van der Waals surface area contributed by atoms with Crippen molar-refractivity contribution in [3.8, 4) is 0 Å². The number of nitrogens with zero attached hydrogens (tertiary/aromatic N) is 2. The smallest absolute Gasteiger partial charge is 0.357 e. The number of aromatic nitrogens is 2. The van der Waals surface area contributed by atoms with Crippen molar-refractivity contribution in [1.82, 2.24) is 14.5 Å². The lowest BCUT2D eigenvalue weighted by Gasteiger charge is -2.16. The first kappa shape index (κ1) is 14.6. The molecule has 102 valence electrons. The molecule has 1 aromatic heterocycles. The van der Waals surface area contributed by atoms with Crippen LogP contribution >= 0.6 is 0 Å². The maximum absolute atomic E-state index is 12.2. The standard InChI is InChI=1S/C9H15N3O5S/c1-6-8(7(9(14)15)11-10-6)18(16,17)12(2)4-3-5-13/h13H,3-5H2,1-2H3,(H,10,11)(H,14,15). The van der Waals surface area contributed by atoms with Crippen molar-refractivity contribution >= 4 is 16.0 Å². The molecule has 0 aliphatic heterocycles. The summed E-state index contributed by atoms with van der Waals surface area (Å²) in [5.41, 5.74) is -0.355. The van der Waals surface area contributed by atoms with Crippen molar-refractivity contribution in [2.75, 3.05) is 20.2 Å². The van der Waals surface area contributed by atoms with Crippen LogP contribution in [-0.4, -0.2) is 59.3 Å². The third-order valence-corrected chi connectivity index (χ3v) is 4.41. The largest absolute Gasteiger partial charge is 0.476 e. The van der Waals surface area contributed by atoms with Crippen LogP contribution in [0, 0.1) is 6.92 Å². The normalized spacial score (nSPS) is 12.0. The van der Waals surface area contributed by atoms with Crippen LogP contribution < -0.4 is 0 Å². The van der Waals surface area contributed by atoms with Gasteiger partial charge in [0.25, 0.3) is 0 Å². The summed E-state index contributed by atoms with van der Waals surface area (Å²) in [6, 6.07) is 0. The van der Waals surface area contributed by atoms with Crippen molar-refractivity contribution in [2.45, 2.75) is 18.2 Å². The number of hydrogen-bond donors (Lipinski definition) is 3. The van der Waals surface area contributed by atoms with Crippen LogP contribution in [0.25, 0.3) is 0 Å². The Morgan fingerprint density at radius 3 is 2.61 bits per heavy atom. The Labute approximate surface area is 104 Å². The molecule has 0 saturated heterocycles. The van der Waals surface area contributed by atoms with E-state index in [1.807, 2.05) is 0 Å². The first-order chi connectivity index (χ1) is 8.32. The molecule has 1 rings (SSSR count). The zero-order valence-electron chi connectivity index (χ0n) is 10.0. The predicted molar refractivity (Wildman–Crippen MR) is 61.8 cm³/mol. The number of sulfonamides is 1. The van der Waals surface area contributed by atoms with Crippen LogP contribution in [0.2, 0.25) is 0 Å². The maximum atomic E-state index is 12.2. The average Bonchev–Trinajstić information content (AvgIpc) is 2.68. The summed E-state index contributed by atoms with van der Waals surface area (Å²) in [7, 11) is -2.60. The Balaban J connectivity index is 3.20. The van der Waals surface area contributed by atoms with Gasteiger partial charge in [0.1, 0.15) is 4.90 Å². The van der Waals surface area contributed by atoms with Crippen LogP contribution in [0.15, 0.2) is 4.90 Å². The molecular formula is C9H15N3O5S. The molecule has 0 atom stereocenters. The molecule has 18 heavy (non-hydrogen) atoms. The van der Waals surface area contributed by atoms with Gasteiger partial charge in [-0.15, -0.1) is 0 Å². The summed E-state index contributed by atoms with van der Waals surface area (Å²) in [4.78, 5) is 10.6. The number of carboxylic acids is 1. The van der Waals surface area contributed by atoms with E-state index in [2.05, 4.69) is 10.2 Å². The fourth-order valence-electron chi connectivity index (χ4n) is 1.45. The van der Waals surface area contributed by atoms with Gasteiger partial charge in [0, 0.05) is 20.2 Å². The Morgan fingerprint density at radius 1 is 1.50 bits per heavy atom. The quantitative estimate of drug-likeness (QED) is 0.639. The predicted octanol–water partition coefficient (Wildman–Crippen LogP) is -0.581. The highest BCUT2D eigenvalue weighted by molar-refractivity contribution is 7.89. The minimum Gasteiger partial charge on any atom is -0.476 e. The lowest BCUT2D eigenvalue weighted by molar-refractivity contribution is 0.0686. The third kappa shape index (κ3) is 2.68. The topological polar surface area (TPSA) is 124 Å². The van der Waals surface area contributed by atoms with E-state index in [1.165, 1.54) is 14.0 Å². The van der Waals surface area contributed by atoms with Gasteiger partial charge in [-0.25, -0.2) is 17.5 Å². The summed E-state index contributed by atoms with van der Waals surface area (Å²) >= 11 is 0. The second-order valence-corrected chi connectivity index (χ2v) is 5.72. The highest BCUT2D eigenvalue weighted by atomic mass is 32.2. The molecule has 0 amide bonds. The van der Waals surface area contributed by atoms with Gasteiger partial charge in [0.05, 0.1) is 5.69 Å². The van der Waals surface area contributed by atoms with E-state index in [-0.39, 0.29) is 30.2 Å². The van der Waals surface area contributed by atoms with Crippen molar-refractivity contribution in [3.05, 3.63) is 11.4 Å². The number of hydrogen-bond acceptors (Lipinski definition) is 5. The van der Waals surface area contributed by atoms with E-state index in [0.717, 1.165) is 4.31 Å². The average molecular weight is 277 g/mol. The Hall–Kier alpha value is -1.45. The number of aryl methyl sites for hydroxylation is 1. The molecule has 0 radical (unpaired) electrons. The van der Waals surface area contributed by atoms with Crippen LogP contribution in [0.4, 0.5) is 0 Å². The zero-order valence-corrected chi connectivity index (χ0v) is 10.9. The van der Waals surface area contributed by atoms with Crippen LogP contribution in [-0.2, 0) is 10.0 Å². The molecule has 9 heteroatoms. The highest BCUT2D eigenvalue weighted by Crippen LogP contribution is 2.21. The maximum Gasteiger partial charge on any atom is 0.357 e. The number of aliphatic hydroxyl groups excluding tert-OH is 1. The summed E-state index contributed by atoms with van der Waals surface area (Å²) in [6.45, 7) is 1.39. The number of nitrogens with one attached hydrogen (secondary N) is 1. The Kier molecular flexibility index (Phi) is 4.43. The van der Waals surface area contributed by atoms with E-state index >= 15 is 0 Å². The van der Waals surface area contributed by atoms with E-state index in [1.54, 1.807) is 0 Å². The molecule has 1 aromatic rings. The number of H-pyrrole nitrogens is 1. The molecule has 0 spiro atoms. The monoisotopic (exact) mass is 277 g/mol. The second kappa shape index (κ2) is 5.46. The molecule has 3 N–H and O–H groups in total. The molecule has 0 unspecified atom stereocenters. The first-order valence-corrected chi connectivity index (χ1v) is 6.61. The molecule has 1 heterocycles. The lowest BCUT2D eigenvalue weighted by atomic mass is 10.4. The summed E-state index contributed by atoms with van der Waals surface area (Å²) < 4.78 is 25.3. The summed E-state index contributed by atoms with van der Waals surface area (Å²) in [6.07, 6.45) is 0.273. The van der Waals surface area contributed by atoms with Crippen LogP contribution in [0.5, 0.6) is 0 Å². The third-order valence-electron chi connectivity index (χ3n) is 2.39. The number of aromatic carboxylic acids is 1. The number of carbonyl (C=O) groups is 1. The van der Waals surface area contributed by atoms with Crippen molar-refractivity contribution < 1.29 is 23.4 Å². The van der Waals surface area contributed by atoms with Gasteiger partial charge >= 0.3 is 5.97 Å². The van der Waals surface area contributed by atoms with Gasteiger partial charge in [-0.3, -0.25) is 5.10 Å². The van der Waals surface area contributed by atoms with Gasteiger partial charge in [-0.05, 0) is 13.3 Å². The second-order valence-electron chi connectivity index (χ2n) is 3.74. The number of carboxylic acid groups (broad SMARTS) is 1. The van der Waals surface area contributed by atoms with E-state index in [4.69, 9.17) is 10.2 Å². The fourth-order valence-corrected chi connectivity index (χ4v) is 2.94. The van der Waals surface area contributed by atoms with Gasteiger partial charge in [-0.2, -0.15) is 5.10 Å². The molecule has 0 saturated carbocycles. The summed E-state index contributed by atoms with van der Waals surface area (Å²) in [5, 5.41) is 23.4. The van der Waals surface area contributed by atoms with Crippen LogP contribution in [0.3, 0.4) is 0 Å². The van der Waals surface area contributed by atoms with E-state index in [0.29, 0.717) is 0 Å². The first-order valence-electron chi connectivity index (χ1n) is 5.17. The van der Waals surface area contributed by atoms with E-state index < -0.39 is 21.7 Å². The van der Waals surface area contributed by atoms with Crippen molar-refractivity contribution in [2.24, 2.45) is 0 Å². The Bertz CT molecular complexity index is 536. The molecule has 8 nitrogen and oxygen atoms in total.